The van der Waals surface area contributed by atoms with Gasteiger partial charge in [-0.05, 0) is 66.7 Å². The van der Waals surface area contributed by atoms with Gasteiger partial charge < -0.3 is 4.74 Å². The van der Waals surface area contributed by atoms with Crippen molar-refractivity contribution in [2.24, 2.45) is 0 Å². The molecule has 31 heavy (non-hydrogen) atoms. The van der Waals surface area contributed by atoms with Gasteiger partial charge in [0.2, 0.25) is 0 Å². The zero-order chi connectivity index (χ0) is 22.1. The molecule has 4 rings (SSSR count). The molecule has 0 aliphatic heterocycles. The van der Waals surface area contributed by atoms with Crippen LogP contribution in [-0.2, 0) is 6.54 Å². The van der Waals surface area contributed by atoms with Gasteiger partial charge in [-0.25, -0.2) is 9.36 Å². The smallest absolute Gasteiger partial charge is 0.336 e. The van der Waals surface area contributed by atoms with Gasteiger partial charge >= 0.3 is 5.69 Å². The zero-order valence-electron chi connectivity index (χ0n) is 16.3. The molecule has 0 N–H and O–H groups in total. The third-order valence-corrected chi connectivity index (χ3v) is 5.65. The predicted octanol–water partition coefficient (Wildman–Crippen LogP) is 4.46. The quantitative estimate of drug-likeness (QED) is 0.380. The fourth-order valence-electron chi connectivity index (χ4n) is 3.33. The first kappa shape index (κ1) is 21.1. The summed E-state index contributed by atoms with van der Waals surface area (Å²) in [7, 11) is 1.54. The first-order valence-corrected chi connectivity index (χ1v) is 10.4. The van der Waals surface area contributed by atoms with Gasteiger partial charge in [0.15, 0.2) is 5.78 Å². The lowest BCUT2D eigenvalue weighted by Crippen LogP contribution is -2.40. The highest BCUT2D eigenvalue weighted by Crippen LogP contribution is 2.19. The van der Waals surface area contributed by atoms with Gasteiger partial charge in [-0.2, -0.15) is 0 Å². The number of methoxy groups -OCH3 is 1. The van der Waals surface area contributed by atoms with Crippen LogP contribution in [-0.4, -0.2) is 22.0 Å². The Bertz CT molecular complexity index is 1410. The number of Topliss-reactive ketones (excluding diaryl/α,β-unsaturated/α-hetero) is 1. The Labute approximate surface area is 190 Å². The maximum Gasteiger partial charge on any atom is 0.336 e. The summed E-state index contributed by atoms with van der Waals surface area (Å²) in [6.45, 7) is -0.225. The summed E-state index contributed by atoms with van der Waals surface area (Å²) in [5.41, 5.74) is 0.0974. The molecule has 0 amide bonds. The highest BCUT2D eigenvalue weighted by Gasteiger charge is 2.18. The van der Waals surface area contributed by atoms with E-state index in [0.29, 0.717) is 37.4 Å². The summed E-state index contributed by atoms with van der Waals surface area (Å²) in [4.78, 5) is 39.5. The molecule has 0 saturated carbocycles. The Morgan fingerprint density at radius 3 is 2.32 bits per heavy atom. The predicted molar refractivity (Wildman–Crippen MR) is 124 cm³/mol. The minimum atomic E-state index is -0.607. The van der Waals surface area contributed by atoms with Crippen LogP contribution in [0.25, 0.3) is 16.6 Å². The van der Waals surface area contributed by atoms with Gasteiger partial charge in [0.25, 0.3) is 5.56 Å². The molecule has 156 valence electrons. The molecule has 8 heteroatoms. The summed E-state index contributed by atoms with van der Waals surface area (Å²) in [6.07, 6.45) is 0. The molecule has 0 aliphatic rings. The van der Waals surface area contributed by atoms with Crippen molar-refractivity contribution in [3.63, 3.8) is 0 Å². The van der Waals surface area contributed by atoms with Crippen LogP contribution in [0.15, 0.2) is 80.8 Å². The number of rotatable bonds is 5. The summed E-state index contributed by atoms with van der Waals surface area (Å²) in [5.74, 6) is 0.357. The van der Waals surface area contributed by atoms with E-state index in [2.05, 4.69) is 15.9 Å². The fourth-order valence-corrected chi connectivity index (χ4v) is 3.82. The molecule has 0 unspecified atom stereocenters. The number of hydrogen-bond acceptors (Lipinski definition) is 4. The van der Waals surface area contributed by atoms with Crippen LogP contribution in [0.5, 0.6) is 5.75 Å². The Balaban J connectivity index is 1.91. The van der Waals surface area contributed by atoms with Crippen molar-refractivity contribution < 1.29 is 9.53 Å². The molecule has 0 bridgehead atoms. The minimum absolute atomic E-state index is 0.225. The molecular weight excluding hydrogens is 484 g/mol. The summed E-state index contributed by atoms with van der Waals surface area (Å²) < 4.78 is 8.17. The number of ether oxygens (including phenoxy) is 1. The van der Waals surface area contributed by atoms with Crippen LogP contribution in [0.4, 0.5) is 0 Å². The van der Waals surface area contributed by atoms with Crippen molar-refractivity contribution in [3.8, 4) is 11.4 Å². The lowest BCUT2D eigenvalue weighted by molar-refractivity contribution is 0.0971. The number of hydrogen-bond donors (Lipinski definition) is 0. The molecule has 3 aromatic carbocycles. The van der Waals surface area contributed by atoms with Crippen LogP contribution in [0.3, 0.4) is 0 Å². The second-order valence-electron chi connectivity index (χ2n) is 6.80. The van der Waals surface area contributed by atoms with E-state index in [-0.39, 0.29) is 12.3 Å². The number of nitrogens with zero attached hydrogens (tertiary/aromatic N) is 2. The fraction of sp³-hybridized carbons (Fsp3) is 0.0870. The van der Waals surface area contributed by atoms with Crippen molar-refractivity contribution in [1.82, 2.24) is 9.13 Å². The van der Waals surface area contributed by atoms with Crippen LogP contribution < -0.4 is 16.0 Å². The second kappa shape index (κ2) is 8.53. The largest absolute Gasteiger partial charge is 0.497 e. The molecule has 1 aromatic heterocycles. The molecular formula is C23H16BrClN2O4. The van der Waals surface area contributed by atoms with Crippen molar-refractivity contribution in [2.75, 3.05) is 7.11 Å². The first-order valence-electron chi connectivity index (χ1n) is 9.27. The number of carbonyl (C=O) groups excluding carboxylic acids is 1. The number of benzene rings is 3. The van der Waals surface area contributed by atoms with Crippen LogP contribution in [0.1, 0.15) is 10.4 Å². The highest BCUT2D eigenvalue weighted by atomic mass is 79.9. The topological polar surface area (TPSA) is 70.3 Å². The van der Waals surface area contributed by atoms with Crippen LogP contribution in [0.2, 0.25) is 5.02 Å². The molecule has 0 saturated heterocycles. The maximum atomic E-state index is 13.4. The van der Waals surface area contributed by atoms with E-state index in [0.717, 1.165) is 4.57 Å². The highest BCUT2D eigenvalue weighted by molar-refractivity contribution is 9.10. The van der Waals surface area contributed by atoms with Gasteiger partial charge in [-0.1, -0.05) is 27.5 Å². The zero-order valence-corrected chi connectivity index (χ0v) is 18.7. The lowest BCUT2D eigenvalue weighted by Gasteiger charge is -2.14. The Hall–Kier alpha value is -3.16. The lowest BCUT2D eigenvalue weighted by atomic mass is 10.1. The monoisotopic (exact) mass is 498 g/mol. The summed E-state index contributed by atoms with van der Waals surface area (Å²) in [6, 6.07) is 18.0. The third-order valence-electron chi connectivity index (χ3n) is 4.90. The molecule has 4 aromatic rings. The molecule has 0 fully saturated rings. The van der Waals surface area contributed by atoms with Gasteiger partial charge in [0.1, 0.15) is 5.75 Å². The molecule has 0 aliphatic carbocycles. The van der Waals surface area contributed by atoms with Gasteiger partial charge in [0, 0.05) is 15.1 Å². The third kappa shape index (κ3) is 4.06. The normalized spacial score (nSPS) is 10.9. The average Bonchev–Trinajstić information content (AvgIpc) is 2.78. The Morgan fingerprint density at radius 1 is 1.00 bits per heavy atom. The van der Waals surface area contributed by atoms with Crippen molar-refractivity contribution in [3.05, 3.63) is 103 Å². The standard InChI is InChI=1S/C23H16BrClN2O4/c1-31-18-9-2-14(3-10-18)21(28)13-26-20-11-4-15(24)12-19(20)22(29)27(23(26)30)17-7-5-16(25)6-8-17/h2-12H,13H2,1H3. The van der Waals surface area contributed by atoms with Gasteiger partial charge in [0.05, 0.1) is 30.2 Å². The van der Waals surface area contributed by atoms with E-state index < -0.39 is 11.2 Å². The number of ketones is 1. The minimum Gasteiger partial charge on any atom is -0.497 e. The number of aromatic nitrogens is 2. The number of fused-ring (bicyclic) bond motifs is 1. The van der Waals surface area contributed by atoms with Crippen LogP contribution in [0, 0.1) is 0 Å². The van der Waals surface area contributed by atoms with E-state index in [4.69, 9.17) is 16.3 Å². The Kier molecular flexibility index (Phi) is 5.80. The Morgan fingerprint density at radius 2 is 1.68 bits per heavy atom. The number of halogens is 2. The second-order valence-corrected chi connectivity index (χ2v) is 8.15. The summed E-state index contributed by atoms with van der Waals surface area (Å²) >= 11 is 9.32. The SMILES string of the molecule is COc1ccc(C(=O)Cn2c(=O)n(-c3ccc(Cl)cc3)c(=O)c3cc(Br)ccc32)cc1. The van der Waals surface area contributed by atoms with E-state index in [9.17, 15) is 14.4 Å². The van der Waals surface area contributed by atoms with Gasteiger partial charge in [-0.15, -0.1) is 0 Å². The molecule has 0 spiro atoms. The molecule has 0 radical (unpaired) electrons. The molecule has 6 nitrogen and oxygen atoms in total. The molecule has 1 heterocycles. The van der Waals surface area contributed by atoms with Crippen molar-refractivity contribution in [2.45, 2.75) is 6.54 Å². The van der Waals surface area contributed by atoms with Gasteiger partial charge in [-0.3, -0.25) is 14.2 Å². The van der Waals surface area contributed by atoms with E-state index >= 15 is 0 Å². The van der Waals surface area contributed by atoms with E-state index in [1.54, 1.807) is 73.8 Å². The average molecular weight is 500 g/mol. The first-order chi connectivity index (χ1) is 14.9. The number of carbonyl (C=O) groups is 1. The maximum absolute atomic E-state index is 13.4. The van der Waals surface area contributed by atoms with Crippen molar-refractivity contribution in [1.29, 1.82) is 0 Å². The van der Waals surface area contributed by atoms with E-state index in [1.807, 2.05) is 0 Å². The summed E-state index contributed by atoms with van der Waals surface area (Å²) in [5, 5.41) is 0.793. The van der Waals surface area contributed by atoms with Crippen LogP contribution >= 0.6 is 27.5 Å². The molecule has 0 atom stereocenters. The van der Waals surface area contributed by atoms with Crippen molar-refractivity contribution >= 4 is 44.2 Å². The van der Waals surface area contributed by atoms with E-state index in [1.165, 1.54) is 4.57 Å².